The van der Waals surface area contributed by atoms with Gasteiger partial charge in [0.05, 0.1) is 0 Å². The topological polar surface area (TPSA) is 57.3 Å². The van der Waals surface area contributed by atoms with Crippen molar-refractivity contribution in [2.45, 2.75) is 38.5 Å². The van der Waals surface area contributed by atoms with Gasteiger partial charge >= 0.3 is 12.4 Å². The summed E-state index contributed by atoms with van der Waals surface area (Å²) in [6, 6.07) is 4.65. The summed E-state index contributed by atoms with van der Waals surface area (Å²) >= 11 is 0. The van der Waals surface area contributed by atoms with Crippen LogP contribution in [0, 0.1) is 11.6 Å². The molecule has 182 valence electrons. The quantitative estimate of drug-likeness (QED) is 0.267. The Kier molecular flexibility index (Phi) is 11.1. The molecule has 0 heterocycles. The molecule has 0 aliphatic carbocycles. The number of halogens is 8. The molecule has 0 fully saturated rings. The fourth-order valence-electron chi connectivity index (χ4n) is 2.56. The Bertz CT molecular complexity index is 807. The van der Waals surface area contributed by atoms with Crippen molar-refractivity contribution in [3.05, 3.63) is 69.8 Å². The van der Waals surface area contributed by atoms with E-state index in [-0.39, 0.29) is 17.1 Å². The minimum absolute atomic E-state index is 0. The van der Waals surface area contributed by atoms with Gasteiger partial charge in [-0.05, 0) is 12.1 Å². The molecule has 0 saturated heterocycles. The molecule has 0 saturated carbocycles. The zero-order chi connectivity index (χ0) is 24.0. The zero-order valence-electron chi connectivity index (χ0n) is 16.2. The van der Waals surface area contributed by atoms with Crippen LogP contribution in [0.3, 0.4) is 0 Å². The number of hydrogen-bond donors (Lipinski definition) is 1. The normalized spacial score (nSPS) is 13.2. The van der Waals surface area contributed by atoms with Crippen LogP contribution in [0.2, 0.25) is 0 Å². The van der Waals surface area contributed by atoms with Gasteiger partial charge in [0.15, 0.2) is 0 Å². The first kappa shape index (κ1) is 29.6. The third-order valence-corrected chi connectivity index (χ3v) is 3.71. The van der Waals surface area contributed by atoms with Gasteiger partial charge in [0.25, 0.3) is 0 Å². The molecule has 0 aliphatic heterocycles. The Balaban J connectivity index is 0.00000311. The van der Waals surface area contributed by atoms with Crippen molar-refractivity contribution in [2.24, 2.45) is 0 Å². The second kappa shape index (κ2) is 12.0. The van der Waals surface area contributed by atoms with E-state index < -0.39 is 58.8 Å². The van der Waals surface area contributed by atoms with Crippen molar-refractivity contribution in [3.63, 3.8) is 0 Å². The minimum atomic E-state index is -4.86. The molecular weight excluding hydrogens is 502 g/mol. The van der Waals surface area contributed by atoms with Crippen molar-refractivity contribution < 1.29 is 57.0 Å². The van der Waals surface area contributed by atoms with Crippen molar-refractivity contribution in [3.8, 4) is 0 Å². The predicted octanol–water partition coefficient (Wildman–Crippen LogP) is 6.60. The Morgan fingerprint density at radius 1 is 0.750 bits per heavy atom. The van der Waals surface area contributed by atoms with E-state index in [1.807, 2.05) is 0 Å². The Morgan fingerprint density at radius 3 is 1.34 bits per heavy atom. The maximum Gasteiger partial charge on any atom is 0.415 e. The van der Waals surface area contributed by atoms with E-state index in [4.69, 9.17) is 4.79 Å². The van der Waals surface area contributed by atoms with Gasteiger partial charge in [-0.25, -0.2) is 8.78 Å². The first-order valence-corrected chi connectivity index (χ1v) is 8.40. The molecule has 2 rings (SSSR count). The van der Waals surface area contributed by atoms with E-state index >= 15 is 0 Å². The monoisotopic (exact) mass is 516 g/mol. The number of para-hydroxylation sites is 2. The molecule has 2 aromatic carbocycles. The average Bonchev–Trinajstić information content (AvgIpc) is 2.64. The molecule has 2 unspecified atom stereocenters. The largest absolute Gasteiger partial charge is 0.667 e. The minimum Gasteiger partial charge on any atom is -0.667 e. The van der Waals surface area contributed by atoms with Gasteiger partial charge in [-0.3, -0.25) is 0 Å². The first-order valence-electron chi connectivity index (χ1n) is 8.40. The molecule has 4 nitrogen and oxygen atoms in total. The molecular formula is C19H15CuF8N3O-3. The summed E-state index contributed by atoms with van der Waals surface area (Å²) in [5, 5.41) is 9.72. The fraction of sp³-hybridized carbons (Fsp3) is 0.316. The number of rotatable bonds is 6. The Hall–Kier alpha value is -2.37. The van der Waals surface area contributed by atoms with Crippen LogP contribution in [0.4, 0.5) is 46.5 Å². The number of nitrogens with one attached hydrogen (secondary N) is 1. The van der Waals surface area contributed by atoms with Gasteiger partial charge in [0.1, 0.15) is 11.6 Å². The third-order valence-electron chi connectivity index (χ3n) is 3.71. The molecule has 0 aromatic heterocycles. The van der Waals surface area contributed by atoms with Gasteiger partial charge in [0, 0.05) is 28.2 Å². The van der Waals surface area contributed by atoms with Gasteiger partial charge in [-0.15, -0.1) is 0 Å². The number of benzene rings is 2. The molecule has 13 heteroatoms. The average molecular weight is 517 g/mol. The van der Waals surface area contributed by atoms with Crippen LogP contribution in [0.25, 0.3) is 10.6 Å². The third kappa shape index (κ3) is 7.95. The number of nitrogens with zero attached hydrogens (tertiary/aromatic N) is 2. The second-order valence-corrected chi connectivity index (χ2v) is 6.04. The van der Waals surface area contributed by atoms with E-state index in [9.17, 15) is 35.1 Å². The van der Waals surface area contributed by atoms with E-state index in [1.54, 1.807) is 0 Å². The molecule has 1 N–H and O–H groups in total. The summed E-state index contributed by atoms with van der Waals surface area (Å²) < 4.78 is 106. The second-order valence-electron chi connectivity index (χ2n) is 6.04. The Labute approximate surface area is 189 Å². The maximum absolute atomic E-state index is 13.8. The smallest absolute Gasteiger partial charge is 0.415 e. The van der Waals surface area contributed by atoms with E-state index in [0.29, 0.717) is 12.1 Å². The summed E-state index contributed by atoms with van der Waals surface area (Å²) in [6.07, 6.45) is -12.1. The SMILES string of the molecule is CC([N-]c1c(F)cccc1C(F)(F)F)NC(C)[N-]c1c(F)cccc1C(F)(F)F.[C-]=O.[Cu]. The first-order chi connectivity index (χ1) is 14.3. The van der Waals surface area contributed by atoms with Crippen LogP contribution < -0.4 is 5.32 Å². The van der Waals surface area contributed by atoms with Crippen molar-refractivity contribution in [1.82, 2.24) is 5.32 Å². The molecule has 0 amide bonds. The van der Waals surface area contributed by atoms with Crippen LogP contribution >= 0.6 is 0 Å². The molecule has 0 bridgehead atoms. The van der Waals surface area contributed by atoms with E-state index in [1.165, 1.54) is 13.8 Å². The number of hydrogen-bond acceptors (Lipinski definition) is 2. The summed E-state index contributed by atoms with van der Waals surface area (Å²) in [5.74, 6) is -2.43. The van der Waals surface area contributed by atoms with E-state index in [2.05, 4.69) is 22.7 Å². The van der Waals surface area contributed by atoms with Crippen molar-refractivity contribution in [1.29, 1.82) is 0 Å². The fourth-order valence-corrected chi connectivity index (χ4v) is 2.56. The molecule has 2 radical (unpaired) electrons. The van der Waals surface area contributed by atoms with Crippen LogP contribution in [-0.2, 0) is 34.2 Å². The maximum atomic E-state index is 13.8. The van der Waals surface area contributed by atoms with Crippen LogP contribution in [0.5, 0.6) is 0 Å². The van der Waals surface area contributed by atoms with Gasteiger partial charge in [-0.2, -0.15) is 26.3 Å². The van der Waals surface area contributed by atoms with Gasteiger partial charge < -0.3 is 27.5 Å². The zero-order valence-corrected chi connectivity index (χ0v) is 17.2. The molecule has 2 atom stereocenters. The van der Waals surface area contributed by atoms with Gasteiger partial charge in [-0.1, -0.05) is 61.8 Å². The van der Waals surface area contributed by atoms with Crippen LogP contribution in [0.15, 0.2) is 36.4 Å². The molecule has 2 aromatic rings. The number of carbonyl (C=O) groups excluding carboxylic acids is 1. The Morgan fingerprint density at radius 2 is 1.06 bits per heavy atom. The summed E-state index contributed by atoms with van der Waals surface area (Å²) in [5.41, 5.74) is -4.50. The van der Waals surface area contributed by atoms with Crippen molar-refractivity contribution >= 4 is 18.2 Å². The van der Waals surface area contributed by atoms with Crippen LogP contribution in [0.1, 0.15) is 25.0 Å². The predicted molar refractivity (Wildman–Crippen MR) is 96.6 cm³/mol. The van der Waals surface area contributed by atoms with Gasteiger partial charge in [0.2, 0.25) is 0 Å². The standard InChI is InChI=1S/C18H15F8N3.CO.Cu/c1-9(28-15-11(17(21,22)23)5-3-7-13(15)19)27-10(2)29-16-12(18(24,25)26)6-4-8-14(16)20;1-2;/h3-10,27H,1-2H3;;/q-2;-1;. The summed E-state index contributed by atoms with van der Waals surface area (Å²) in [4.78, 5) is 7.50. The van der Waals surface area contributed by atoms with Crippen molar-refractivity contribution in [2.75, 3.05) is 0 Å². The van der Waals surface area contributed by atoms with Crippen LogP contribution in [-0.4, -0.2) is 19.1 Å². The summed E-state index contributed by atoms with van der Waals surface area (Å²) in [7, 11) is 0. The molecule has 0 aliphatic rings. The summed E-state index contributed by atoms with van der Waals surface area (Å²) in [6.45, 7) is 7.01. The van der Waals surface area contributed by atoms with E-state index in [0.717, 1.165) is 24.3 Å². The number of alkyl halides is 6. The molecule has 32 heavy (non-hydrogen) atoms. The molecule has 0 spiro atoms.